The molecule has 2 aliphatic heterocycles. The van der Waals surface area contributed by atoms with Gasteiger partial charge >= 0.3 is 0 Å². The molecule has 2 aliphatic rings. The Morgan fingerprint density at radius 3 is 2.50 bits per heavy atom. The van der Waals surface area contributed by atoms with Gasteiger partial charge in [0, 0.05) is 27.0 Å². The number of benzene rings is 3. The van der Waals surface area contributed by atoms with Crippen LogP contribution >= 0.6 is 43.5 Å². The number of rotatable bonds is 3. The number of methoxy groups -OCH3 is 1. The molecule has 0 aliphatic carbocycles. The topological polar surface area (TPSA) is 34.1 Å². The molecule has 3 aromatic carbocycles. The summed E-state index contributed by atoms with van der Waals surface area (Å²) < 4.78 is 13.7. The molecule has 0 radical (unpaired) electrons. The third kappa shape index (κ3) is 3.51. The summed E-state index contributed by atoms with van der Waals surface area (Å²) in [4.78, 5) is 0. The van der Waals surface area contributed by atoms with Crippen molar-refractivity contribution in [1.29, 1.82) is 0 Å². The Bertz CT molecular complexity index is 1130. The second-order valence-electron chi connectivity index (χ2n) is 7.20. The fraction of sp³-hybridized carbons (Fsp3) is 0.174. The zero-order valence-corrected chi connectivity index (χ0v) is 19.9. The molecule has 2 atom stereocenters. The van der Waals surface area contributed by atoms with Crippen molar-refractivity contribution in [1.82, 2.24) is 5.01 Å². The first kappa shape index (κ1) is 19.9. The number of halogens is 3. The molecule has 0 aromatic heterocycles. The van der Waals surface area contributed by atoms with E-state index in [0.717, 1.165) is 49.3 Å². The number of fused-ring (bicyclic) bond motifs is 3. The largest absolute Gasteiger partial charge is 0.497 e. The molecule has 7 heteroatoms. The van der Waals surface area contributed by atoms with Crippen molar-refractivity contribution in [2.24, 2.45) is 5.10 Å². The smallest absolute Gasteiger partial charge is 0.213 e. The minimum Gasteiger partial charge on any atom is -0.497 e. The van der Waals surface area contributed by atoms with Crippen molar-refractivity contribution >= 4 is 49.2 Å². The molecular weight excluding hydrogens is 532 g/mol. The van der Waals surface area contributed by atoms with Crippen LogP contribution in [0.1, 0.15) is 35.4 Å². The molecule has 0 spiro atoms. The van der Waals surface area contributed by atoms with Crippen molar-refractivity contribution < 1.29 is 9.47 Å². The Labute approximate surface area is 196 Å². The molecule has 4 nitrogen and oxygen atoms in total. The first-order valence-corrected chi connectivity index (χ1v) is 11.4. The lowest BCUT2D eigenvalue weighted by Gasteiger charge is -2.38. The van der Waals surface area contributed by atoms with Crippen LogP contribution in [0.4, 0.5) is 0 Å². The molecule has 0 amide bonds. The summed E-state index contributed by atoms with van der Waals surface area (Å²) in [5.74, 6) is 1.68. The molecule has 0 fully saturated rings. The summed E-state index contributed by atoms with van der Waals surface area (Å²) in [6, 6.07) is 19.9. The second-order valence-corrected chi connectivity index (χ2v) is 9.41. The second kappa shape index (κ2) is 7.91. The molecule has 152 valence electrons. The summed E-state index contributed by atoms with van der Waals surface area (Å²) in [6.45, 7) is 0. The van der Waals surface area contributed by atoms with Crippen LogP contribution in [0, 0.1) is 0 Å². The fourth-order valence-corrected chi connectivity index (χ4v) is 5.40. The van der Waals surface area contributed by atoms with Gasteiger partial charge in [0.25, 0.3) is 0 Å². The van der Waals surface area contributed by atoms with Gasteiger partial charge in [0.05, 0.1) is 23.3 Å². The van der Waals surface area contributed by atoms with Gasteiger partial charge in [-0.25, -0.2) is 5.01 Å². The number of nitrogens with zero attached hydrogens (tertiary/aromatic N) is 2. The first-order valence-electron chi connectivity index (χ1n) is 9.45. The Morgan fingerprint density at radius 1 is 1.07 bits per heavy atom. The maximum Gasteiger partial charge on any atom is 0.213 e. The van der Waals surface area contributed by atoms with Gasteiger partial charge in [-0.15, -0.1) is 0 Å². The maximum atomic E-state index is 6.47. The number of hydrogen-bond donors (Lipinski definition) is 0. The predicted molar refractivity (Wildman–Crippen MR) is 125 cm³/mol. The van der Waals surface area contributed by atoms with Crippen LogP contribution in [0.15, 0.2) is 74.7 Å². The molecule has 5 rings (SSSR count). The highest BCUT2D eigenvalue weighted by Gasteiger charge is 2.41. The van der Waals surface area contributed by atoms with Crippen molar-refractivity contribution in [3.63, 3.8) is 0 Å². The summed E-state index contributed by atoms with van der Waals surface area (Å²) in [5, 5.41) is 7.75. The van der Waals surface area contributed by atoms with Crippen LogP contribution in [0.2, 0.25) is 5.02 Å². The monoisotopic (exact) mass is 546 g/mol. The minimum absolute atomic E-state index is 0.0697. The summed E-state index contributed by atoms with van der Waals surface area (Å²) >= 11 is 13.4. The van der Waals surface area contributed by atoms with Crippen LogP contribution < -0.4 is 9.47 Å². The molecular formula is C23H17Br2ClN2O2. The van der Waals surface area contributed by atoms with E-state index in [4.69, 9.17) is 26.2 Å². The lowest BCUT2D eigenvalue weighted by Crippen LogP contribution is -2.33. The molecule has 0 bridgehead atoms. The third-order valence-corrected chi connectivity index (χ3v) is 6.69. The SMILES string of the molecule is COc1ccc(C2=NN3[C@H](C2)c2cc(Br)cc(Br)c2O[C@@H]3c2ccc(Cl)cc2)cc1. The molecule has 0 N–H and O–H groups in total. The van der Waals surface area contributed by atoms with Crippen LogP contribution in [0.3, 0.4) is 0 Å². The van der Waals surface area contributed by atoms with Gasteiger partial charge in [0.1, 0.15) is 11.5 Å². The van der Waals surface area contributed by atoms with E-state index >= 15 is 0 Å². The molecule has 0 saturated carbocycles. The number of hydrazone groups is 1. The number of hydrogen-bond acceptors (Lipinski definition) is 4. The van der Waals surface area contributed by atoms with E-state index in [1.165, 1.54) is 0 Å². The fourth-order valence-electron chi connectivity index (χ4n) is 3.92. The van der Waals surface area contributed by atoms with Gasteiger partial charge in [-0.3, -0.25) is 0 Å². The van der Waals surface area contributed by atoms with Crippen molar-refractivity contribution in [2.45, 2.75) is 18.7 Å². The lowest BCUT2D eigenvalue weighted by atomic mass is 9.96. The number of ether oxygens (including phenoxy) is 2. The zero-order chi connectivity index (χ0) is 20.8. The van der Waals surface area contributed by atoms with E-state index in [2.05, 4.69) is 42.9 Å². The van der Waals surface area contributed by atoms with Gasteiger partial charge in [-0.05, 0) is 70.0 Å². The highest BCUT2D eigenvalue weighted by molar-refractivity contribution is 9.11. The van der Waals surface area contributed by atoms with Gasteiger partial charge in [0.2, 0.25) is 6.23 Å². The predicted octanol–water partition coefficient (Wildman–Crippen LogP) is 7.12. The average molecular weight is 549 g/mol. The van der Waals surface area contributed by atoms with Gasteiger partial charge in [0.15, 0.2) is 0 Å². The summed E-state index contributed by atoms with van der Waals surface area (Å²) in [7, 11) is 1.67. The standard InChI is InChI=1S/C23H17Br2ClN2O2/c1-29-17-8-4-13(5-9-17)20-12-21-18-10-15(24)11-19(25)22(18)30-23(28(21)27-20)14-2-6-16(26)7-3-14/h2-11,21,23H,12H2,1H3/t21-,23-/m1/s1. The lowest BCUT2D eigenvalue weighted by molar-refractivity contribution is -0.0197. The Hall–Kier alpha value is -2.02. The van der Waals surface area contributed by atoms with Gasteiger partial charge in [-0.2, -0.15) is 5.10 Å². The molecule has 0 saturated heterocycles. The van der Waals surface area contributed by atoms with Gasteiger partial charge in [-0.1, -0.05) is 39.7 Å². The van der Waals surface area contributed by atoms with Crippen LogP contribution in [-0.2, 0) is 0 Å². The van der Waals surface area contributed by atoms with Crippen LogP contribution in [0.5, 0.6) is 11.5 Å². The van der Waals surface area contributed by atoms with E-state index in [-0.39, 0.29) is 12.3 Å². The Balaban J connectivity index is 1.60. The quantitative estimate of drug-likeness (QED) is 0.350. The summed E-state index contributed by atoms with van der Waals surface area (Å²) in [6.07, 6.45) is 0.448. The van der Waals surface area contributed by atoms with Crippen molar-refractivity contribution in [3.05, 3.63) is 91.3 Å². The van der Waals surface area contributed by atoms with E-state index in [1.54, 1.807) is 7.11 Å². The zero-order valence-electron chi connectivity index (χ0n) is 16.0. The third-order valence-electron chi connectivity index (χ3n) is 5.39. The van der Waals surface area contributed by atoms with E-state index in [9.17, 15) is 0 Å². The molecule has 2 heterocycles. The summed E-state index contributed by atoms with van der Waals surface area (Å²) in [5.41, 5.74) is 4.21. The van der Waals surface area contributed by atoms with E-state index in [0.29, 0.717) is 5.02 Å². The molecule has 3 aromatic rings. The first-order chi connectivity index (χ1) is 14.5. The minimum atomic E-state index is -0.340. The highest BCUT2D eigenvalue weighted by Crippen LogP contribution is 2.50. The van der Waals surface area contributed by atoms with E-state index in [1.807, 2.05) is 54.6 Å². The van der Waals surface area contributed by atoms with Crippen LogP contribution in [-0.4, -0.2) is 17.8 Å². The maximum absolute atomic E-state index is 6.47. The van der Waals surface area contributed by atoms with Crippen LogP contribution in [0.25, 0.3) is 0 Å². The van der Waals surface area contributed by atoms with Gasteiger partial charge < -0.3 is 9.47 Å². The van der Waals surface area contributed by atoms with Crippen molar-refractivity contribution in [3.8, 4) is 11.5 Å². The van der Waals surface area contributed by atoms with E-state index < -0.39 is 0 Å². The Kier molecular flexibility index (Phi) is 5.25. The Morgan fingerprint density at radius 2 is 1.80 bits per heavy atom. The van der Waals surface area contributed by atoms with Crippen molar-refractivity contribution in [2.75, 3.05) is 7.11 Å². The molecule has 30 heavy (non-hydrogen) atoms. The highest BCUT2D eigenvalue weighted by atomic mass is 79.9. The average Bonchev–Trinajstić information content (AvgIpc) is 3.20. The normalized spacial score (nSPS) is 19.6. The molecule has 0 unspecified atom stereocenters.